The molecule has 0 saturated heterocycles. The first kappa shape index (κ1) is 11.9. The molecule has 1 aromatic heterocycles. The second-order valence-electron chi connectivity index (χ2n) is 2.64. The maximum Gasteiger partial charge on any atom is 0.284 e. The number of rotatable bonds is 3. The Labute approximate surface area is 93.8 Å². The van der Waals surface area contributed by atoms with E-state index < -0.39 is 12.1 Å². The predicted molar refractivity (Wildman–Crippen MR) is 52.8 cm³/mol. The van der Waals surface area contributed by atoms with E-state index in [1.54, 1.807) is 0 Å². The molecule has 6 heteroatoms. The summed E-state index contributed by atoms with van der Waals surface area (Å²) in [6.07, 6.45) is -1.48. The number of ether oxygens (including phenoxy) is 1. The van der Waals surface area contributed by atoms with Crippen molar-refractivity contribution < 1.29 is 13.5 Å². The Hall–Kier alpha value is -1.22. The summed E-state index contributed by atoms with van der Waals surface area (Å²) in [5.74, 6) is -0.0269. The van der Waals surface area contributed by atoms with E-state index >= 15 is 0 Å². The minimum atomic E-state index is -2.72. The molecule has 0 atom stereocenters. The van der Waals surface area contributed by atoms with Gasteiger partial charge in [-0.1, -0.05) is 0 Å². The Kier molecular flexibility index (Phi) is 3.97. The molecule has 80 valence electrons. The van der Waals surface area contributed by atoms with Crippen molar-refractivity contribution in [1.29, 1.82) is 5.26 Å². The van der Waals surface area contributed by atoms with Gasteiger partial charge in [0.05, 0.1) is 19.6 Å². The van der Waals surface area contributed by atoms with Gasteiger partial charge in [0.15, 0.2) is 5.75 Å². The Morgan fingerprint density at radius 1 is 1.67 bits per heavy atom. The van der Waals surface area contributed by atoms with Crippen molar-refractivity contribution in [1.82, 2.24) is 4.98 Å². The molecular weight excluding hydrogens is 270 g/mol. The Morgan fingerprint density at radius 2 is 2.33 bits per heavy atom. The van der Waals surface area contributed by atoms with Gasteiger partial charge in [0.1, 0.15) is 5.69 Å². The molecule has 1 heterocycles. The van der Waals surface area contributed by atoms with Crippen LogP contribution < -0.4 is 4.74 Å². The molecule has 0 aliphatic heterocycles. The fourth-order valence-electron chi connectivity index (χ4n) is 1.15. The van der Waals surface area contributed by atoms with E-state index in [0.717, 1.165) is 0 Å². The molecule has 3 nitrogen and oxygen atoms in total. The van der Waals surface area contributed by atoms with Crippen LogP contribution in [0.1, 0.15) is 17.7 Å². The highest BCUT2D eigenvalue weighted by molar-refractivity contribution is 9.10. The third-order valence-electron chi connectivity index (χ3n) is 1.78. The van der Waals surface area contributed by atoms with Gasteiger partial charge in [-0.15, -0.1) is 0 Å². The first-order valence-electron chi connectivity index (χ1n) is 3.98. The second kappa shape index (κ2) is 5.03. The summed E-state index contributed by atoms with van der Waals surface area (Å²) in [6.45, 7) is 0. The Bertz CT molecular complexity index is 404. The minimum Gasteiger partial charge on any atom is -0.494 e. The van der Waals surface area contributed by atoms with Crippen LogP contribution in [0.4, 0.5) is 8.78 Å². The molecule has 0 bridgehead atoms. The van der Waals surface area contributed by atoms with Crippen molar-refractivity contribution in [3.63, 3.8) is 0 Å². The summed E-state index contributed by atoms with van der Waals surface area (Å²) in [5.41, 5.74) is -0.0451. The summed E-state index contributed by atoms with van der Waals surface area (Å²) < 4.78 is 30.4. The fourth-order valence-corrected chi connectivity index (χ4v) is 1.58. The van der Waals surface area contributed by atoms with Crippen molar-refractivity contribution in [3.8, 4) is 11.8 Å². The molecule has 0 radical (unpaired) electrons. The molecule has 0 N–H and O–H groups in total. The van der Waals surface area contributed by atoms with Crippen LogP contribution in [0.5, 0.6) is 5.75 Å². The zero-order chi connectivity index (χ0) is 11.4. The molecule has 0 unspecified atom stereocenters. The van der Waals surface area contributed by atoms with Crippen molar-refractivity contribution in [2.24, 2.45) is 0 Å². The highest BCUT2D eigenvalue weighted by Gasteiger charge is 2.20. The molecule has 0 spiro atoms. The van der Waals surface area contributed by atoms with Crippen LogP contribution in [0.15, 0.2) is 10.7 Å². The number of aromatic nitrogens is 1. The number of hydrogen-bond donors (Lipinski definition) is 0. The van der Waals surface area contributed by atoms with Crippen LogP contribution >= 0.6 is 15.9 Å². The van der Waals surface area contributed by atoms with Gasteiger partial charge in [0, 0.05) is 16.2 Å². The van der Waals surface area contributed by atoms with E-state index in [2.05, 4.69) is 20.9 Å². The van der Waals surface area contributed by atoms with Gasteiger partial charge >= 0.3 is 0 Å². The summed E-state index contributed by atoms with van der Waals surface area (Å²) in [5, 5.41) is 8.56. The normalized spacial score (nSPS) is 10.1. The molecule has 1 aromatic rings. The molecule has 0 aromatic carbocycles. The van der Waals surface area contributed by atoms with Gasteiger partial charge in [-0.05, 0) is 15.9 Å². The third-order valence-corrected chi connectivity index (χ3v) is 2.46. The van der Waals surface area contributed by atoms with Gasteiger partial charge in [-0.2, -0.15) is 5.26 Å². The molecule has 0 amide bonds. The number of hydrogen-bond acceptors (Lipinski definition) is 3. The lowest BCUT2D eigenvalue weighted by molar-refractivity contribution is 0.141. The van der Waals surface area contributed by atoms with Crippen LogP contribution in [0.25, 0.3) is 0 Å². The smallest absolute Gasteiger partial charge is 0.284 e. The topological polar surface area (TPSA) is 45.9 Å². The van der Waals surface area contributed by atoms with Crippen LogP contribution in [-0.2, 0) is 6.42 Å². The number of alkyl halides is 2. The zero-order valence-corrected chi connectivity index (χ0v) is 9.38. The molecule has 0 saturated carbocycles. The van der Waals surface area contributed by atoms with Crippen LogP contribution in [0, 0.1) is 11.3 Å². The monoisotopic (exact) mass is 276 g/mol. The zero-order valence-electron chi connectivity index (χ0n) is 7.80. The average Bonchev–Trinajstić information content (AvgIpc) is 2.20. The van der Waals surface area contributed by atoms with Crippen molar-refractivity contribution in [2.45, 2.75) is 12.8 Å². The third kappa shape index (κ3) is 2.42. The fraction of sp³-hybridized carbons (Fsp3) is 0.333. The van der Waals surface area contributed by atoms with E-state index in [-0.39, 0.29) is 12.2 Å². The van der Waals surface area contributed by atoms with Crippen LogP contribution in [0.2, 0.25) is 0 Å². The summed E-state index contributed by atoms with van der Waals surface area (Å²) >= 11 is 3.13. The van der Waals surface area contributed by atoms with Gasteiger partial charge in [0.2, 0.25) is 0 Å². The predicted octanol–water partition coefficient (Wildman–Crippen LogP) is 2.86. The first-order valence-corrected chi connectivity index (χ1v) is 4.77. The summed E-state index contributed by atoms with van der Waals surface area (Å²) in [7, 11) is 1.27. The number of methoxy groups -OCH3 is 1. The van der Waals surface area contributed by atoms with Gasteiger partial charge in [-0.25, -0.2) is 8.78 Å². The van der Waals surface area contributed by atoms with Crippen LogP contribution in [0.3, 0.4) is 0 Å². The maximum atomic E-state index is 12.5. The van der Waals surface area contributed by atoms with Gasteiger partial charge < -0.3 is 4.74 Å². The molecule has 15 heavy (non-hydrogen) atoms. The van der Waals surface area contributed by atoms with E-state index in [0.29, 0.717) is 10.0 Å². The highest BCUT2D eigenvalue weighted by atomic mass is 79.9. The van der Waals surface area contributed by atoms with E-state index in [1.807, 2.05) is 6.07 Å². The average molecular weight is 277 g/mol. The van der Waals surface area contributed by atoms with E-state index in [9.17, 15) is 8.78 Å². The SMILES string of the molecule is COc1c(C(F)F)ncc(Br)c1CC#N. The van der Waals surface area contributed by atoms with Crippen molar-refractivity contribution in [2.75, 3.05) is 7.11 Å². The molecule has 1 rings (SSSR count). The standard InChI is InChI=1S/C9H7BrF2N2O/c1-15-8-5(2-3-13)6(10)4-14-7(8)9(11)12/h4,9H,2H2,1H3. The second-order valence-corrected chi connectivity index (χ2v) is 3.49. The maximum absolute atomic E-state index is 12.5. The van der Waals surface area contributed by atoms with Gasteiger partial charge in [-0.3, -0.25) is 4.98 Å². The highest BCUT2D eigenvalue weighted by Crippen LogP contribution is 2.34. The minimum absolute atomic E-state index is 0.00794. The lowest BCUT2D eigenvalue weighted by Gasteiger charge is -2.11. The lowest BCUT2D eigenvalue weighted by Crippen LogP contribution is -2.01. The number of halogens is 3. The molecule has 0 fully saturated rings. The molecule has 0 aliphatic rings. The van der Waals surface area contributed by atoms with Crippen LogP contribution in [-0.4, -0.2) is 12.1 Å². The van der Waals surface area contributed by atoms with Crippen molar-refractivity contribution >= 4 is 15.9 Å². The van der Waals surface area contributed by atoms with Gasteiger partial charge in [0.25, 0.3) is 6.43 Å². The largest absolute Gasteiger partial charge is 0.494 e. The van der Waals surface area contributed by atoms with Crippen molar-refractivity contribution in [3.05, 3.63) is 21.9 Å². The lowest BCUT2D eigenvalue weighted by atomic mass is 10.1. The first-order chi connectivity index (χ1) is 7.11. The summed E-state index contributed by atoms with van der Waals surface area (Å²) in [4.78, 5) is 3.56. The summed E-state index contributed by atoms with van der Waals surface area (Å²) in [6, 6.07) is 1.88. The molecular formula is C9H7BrF2N2O. The quantitative estimate of drug-likeness (QED) is 0.853. The number of pyridine rings is 1. The van der Waals surface area contributed by atoms with E-state index in [1.165, 1.54) is 13.3 Å². The Balaban J connectivity index is 3.34. The number of nitriles is 1. The Morgan fingerprint density at radius 3 is 2.80 bits per heavy atom. The van der Waals surface area contributed by atoms with E-state index in [4.69, 9.17) is 10.00 Å². The number of nitrogens with zero attached hydrogens (tertiary/aromatic N) is 2. The molecule has 0 aliphatic carbocycles.